The normalized spacial score (nSPS) is 15.9. The first kappa shape index (κ1) is 10.0. The molecule has 1 aromatic rings. The van der Waals surface area contributed by atoms with Crippen LogP contribution in [0.25, 0.3) is 0 Å². The van der Waals surface area contributed by atoms with Crippen molar-refractivity contribution in [2.24, 2.45) is 5.92 Å². The predicted molar refractivity (Wildman–Crippen MR) is 51.3 cm³/mol. The zero-order chi connectivity index (χ0) is 10.8. The second-order valence-corrected chi connectivity index (χ2v) is 3.47. The van der Waals surface area contributed by atoms with Gasteiger partial charge in [0.2, 0.25) is 5.91 Å². The summed E-state index contributed by atoms with van der Waals surface area (Å²) in [4.78, 5) is 11.4. The lowest BCUT2D eigenvalue weighted by molar-refractivity contribution is -0.121. The summed E-state index contributed by atoms with van der Waals surface area (Å²) in [6.45, 7) is 1.27. The van der Waals surface area contributed by atoms with Gasteiger partial charge in [-0.25, -0.2) is 8.78 Å². The molecular formula is C10H10F2N2O. The van der Waals surface area contributed by atoms with Crippen molar-refractivity contribution in [3.8, 4) is 0 Å². The van der Waals surface area contributed by atoms with Crippen LogP contribution < -0.4 is 10.6 Å². The van der Waals surface area contributed by atoms with Gasteiger partial charge in [-0.05, 0) is 12.1 Å². The summed E-state index contributed by atoms with van der Waals surface area (Å²) in [5.41, 5.74) is 0.283. The maximum absolute atomic E-state index is 12.8. The zero-order valence-electron chi connectivity index (χ0n) is 7.89. The van der Waals surface area contributed by atoms with Crippen LogP contribution in [0.5, 0.6) is 0 Å². The number of rotatable bonds is 2. The molecule has 0 radical (unpaired) electrons. The van der Waals surface area contributed by atoms with Gasteiger partial charge in [-0.2, -0.15) is 0 Å². The van der Waals surface area contributed by atoms with Crippen LogP contribution in [-0.2, 0) is 4.79 Å². The van der Waals surface area contributed by atoms with E-state index in [0.29, 0.717) is 13.1 Å². The lowest BCUT2D eigenvalue weighted by Crippen LogP contribution is -2.48. The number of carbonyl (C=O) groups is 1. The molecule has 1 amide bonds. The number of anilines is 1. The van der Waals surface area contributed by atoms with E-state index in [1.165, 1.54) is 6.07 Å². The minimum Gasteiger partial charge on any atom is -0.326 e. The van der Waals surface area contributed by atoms with E-state index >= 15 is 0 Å². The Labute approximate surface area is 85.5 Å². The third kappa shape index (κ3) is 2.12. The molecule has 1 heterocycles. The lowest BCUT2D eigenvalue weighted by Gasteiger charge is -2.25. The molecule has 1 saturated heterocycles. The van der Waals surface area contributed by atoms with Gasteiger partial charge >= 0.3 is 0 Å². The highest BCUT2D eigenvalue weighted by atomic mass is 19.2. The van der Waals surface area contributed by atoms with Crippen LogP contribution >= 0.6 is 0 Å². The molecular weight excluding hydrogens is 202 g/mol. The van der Waals surface area contributed by atoms with Gasteiger partial charge in [0.15, 0.2) is 11.6 Å². The third-order valence-corrected chi connectivity index (χ3v) is 2.34. The van der Waals surface area contributed by atoms with E-state index in [1.54, 1.807) is 0 Å². The standard InChI is InChI=1S/C10H10F2N2O/c11-8-2-1-7(3-9(8)12)14-10(15)6-4-13-5-6/h1-3,6,13H,4-5H2,(H,14,15). The highest BCUT2D eigenvalue weighted by Crippen LogP contribution is 2.14. The Morgan fingerprint density at radius 2 is 2.07 bits per heavy atom. The fourth-order valence-electron chi connectivity index (χ4n) is 1.29. The summed E-state index contributed by atoms with van der Waals surface area (Å²) in [5.74, 6) is -2.12. The first-order valence-electron chi connectivity index (χ1n) is 4.63. The van der Waals surface area contributed by atoms with Gasteiger partial charge in [-0.3, -0.25) is 4.79 Å². The number of carbonyl (C=O) groups excluding carboxylic acids is 1. The Balaban J connectivity index is 2.03. The number of benzene rings is 1. The van der Waals surface area contributed by atoms with Gasteiger partial charge in [0.05, 0.1) is 5.92 Å². The van der Waals surface area contributed by atoms with Gasteiger partial charge in [0.25, 0.3) is 0 Å². The van der Waals surface area contributed by atoms with E-state index in [9.17, 15) is 13.6 Å². The molecule has 1 aliphatic rings. The summed E-state index contributed by atoms with van der Waals surface area (Å²) in [6.07, 6.45) is 0. The largest absolute Gasteiger partial charge is 0.326 e. The lowest BCUT2D eigenvalue weighted by atomic mass is 10.0. The Morgan fingerprint density at radius 1 is 1.33 bits per heavy atom. The summed E-state index contributed by atoms with van der Waals surface area (Å²) < 4.78 is 25.4. The predicted octanol–water partition coefficient (Wildman–Crippen LogP) is 1.12. The molecule has 2 rings (SSSR count). The average Bonchev–Trinajstić information content (AvgIpc) is 2.08. The summed E-state index contributed by atoms with van der Waals surface area (Å²) >= 11 is 0. The molecule has 0 atom stereocenters. The number of nitrogens with one attached hydrogen (secondary N) is 2. The maximum atomic E-state index is 12.8. The van der Waals surface area contributed by atoms with Gasteiger partial charge in [0.1, 0.15) is 0 Å². The van der Waals surface area contributed by atoms with E-state index in [2.05, 4.69) is 10.6 Å². The van der Waals surface area contributed by atoms with Crippen molar-refractivity contribution in [2.45, 2.75) is 0 Å². The van der Waals surface area contributed by atoms with Crippen LogP contribution in [0.2, 0.25) is 0 Å². The van der Waals surface area contributed by atoms with Crippen molar-refractivity contribution in [2.75, 3.05) is 18.4 Å². The van der Waals surface area contributed by atoms with Crippen LogP contribution in [0, 0.1) is 17.6 Å². The molecule has 0 aromatic heterocycles. The molecule has 0 saturated carbocycles. The van der Waals surface area contributed by atoms with Gasteiger partial charge in [0, 0.05) is 24.8 Å². The third-order valence-electron chi connectivity index (χ3n) is 2.34. The molecule has 1 fully saturated rings. The molecule has 0 unspecified atom stereocenters. The fourth-order valence-corrected chi connectivity index (χ4v) is 1.29. The minimum atomic E-state index is -0.959. The van der Waals surface area contributed by atoms with E-state index in [1.807, 2.05) is 0 Å². The number of halogens is 2. The van der Waals surface area contributed by atoms with E-state index in [4.69, 9.17) is 0 Å². The van der Waals surface area contributed by atoms with Gasteiger partial charge in [-0.1, -0.05) is 0 Å². The zero-order valence-corrected chi connectivity index (χ0v) is 7.89. The average molecular weight is 212 g/mol. The molecule has 2 N–H and O–H groups in total. The second-order valence-electron chi connectivity index (χ2n) is 3.47. The molecule has 3 nitrogen and oxygen atoms in total. The Kier molecular flexibility index (Phi) is 2.64. The summed E-state index contributed by atoms with van der Waals surface area (Å²) in [5, 5.41) is 5.48. The topological polar surface area (TPSA) is 41.1 Å². The summed E-state index contributed by atoms with van der Waals surface area (Å²) in [7, 11) is 0. The van der Waals surface area contributed by atoms with E-state index in [0.717, 1.165) is 12.1 Å². The van der Waals surface area contributed by atoms with E-state index < -0.39 is 11.6 Å². The number of hydrogen-bond donors (Lipinski definition) is 2. The van der Waals surface area contributed by atoms with Crippen LogP contribution in [-0.4, -0.2) is 19.0 Å². The highest BCUT2D eigenvalue weighted by molar-refractivity contribution is 5.93. The van der Waals surface area contributed by atoms with E-state index in [-0.39, 0.29) is 17.5 Å². The molecule has 80 valence electrons. The monoisotopic (exact) mass is 212 g/mol. The molecule has 1 aliphatic heterocycles. The van der Waals surface area contributed by atoms with Crippen LogP contribution in [0.4, 0.5) is 14.5 Å². The maximum Gasteiger partial charge on any atom is 0.230 e. The minimum absolute atomic E-state index is 0.0712. The smallest absolute Gasteiger partial charge is 0.230 e. The van der Waals surface area contributed by atoms with Crippen LogP contribution in [0.15, 0.2) is 18.2 Å². The molecule has 0 bridgehead atoms. The van der Waals surface area contributed by atoms with Crippen molar-refractivity contribution < 1.29 is 13.6 Å². The summed E-state index contributed by atoms with van der Waals surface area (Å²) in [6, 6.07) is 3.30. The Bertz CT molecular complexity index is 391. The quantitative estimate of drug-likeness (QED) is 0.771. The van der Waals surface area contributed by atoms with Gasteiger partial charge in [-0.15, -0.1) is 0 Å². The van der Waals surface area contributed by atoms with Crippen molar-refractivity contribution in [3.05, 3.63) is 29.8 Å². The molecule has 0 aliphatic carbocycles. The fraction of sp³-hybridized carbons (Fsp3) is 0.300. The van der Waals surface area contributed by atoms with Crippen molar-refractivity contribution in [1.29, 1.82) is 0 Å². The molecule has 0 spiro atoms. The van der Waals surface area contributed by atoms with Gasteiger partial charge < -0.3 is 10.6 Å². The number of hydrogen-bond acceptors (Lipinski definition) is 2. The first-order chi connectivity index (χ1) is 7.16. The SMILES string of the molecule is O=C(Nc1ccc(F)c(F)c1)C1CNC1. The molecule has 1 aromatic carbocycles. The molecule has 15 heavy (non-hydrogen) atoms. The Morgan fingerprint density at radius 3 is 2.60 bits per heavy atom. The van der Waals surface area contributed by atoms with Crippen LogP contribution in [0.1, 0.15) is 0 Å². The second kappa shape index (κ2) is 3.94. The number of amides is 1. The molecule has 5 heteroatoms. The van der Waals surface area contributed by atoms with Crippen LogP contribution in [0.3, 0.4) is 0 Å². The highest BCUT2D eigenvalue weighted by Gasteiger charge is 2.24. The van der Waals surface area contributed by atoms with Crippen molar-refractivity contribution >= 4 is 11.6 Å². The Hall–Kier alpha value is -1.49. The van der Waals surface area contributed by atoms with Crippen molar-refractivity contribution in [3.63, 3.8) is 0 Å². The first-order valence-corrected chi connectivity index (χ1v) is 4.63. The van der Waals surface area contributed by atoms with Crippen molar-refractivity contribution in [1.82, 2.24) is 5.32 Å².